The number of rotatable bonds is 11. The Morgan fingerprint density at radius 1 is 1.00 bits per heavy atom. The summed E-state index contributed by atoms with van der Waals surface area (Å²) in [4.78, 5) is 9.13. The minimum absolute atomic E-state index is 0.931. The molecule has 0 bridgehead atoms. The topological polar surface area (TPSA) is 49.8 Å². The first-order valence-electron chi connectivity index (χ1n) is 7.64. The van der Waals surface area contributed by atoms with Crippen LogP contribution >= 0.6 is 11.8 Å². The fourth-order valence-corrected chi connectivity index (χ4v) is 2.35. The second-order valence-corrected chi connectivity index (χ2v) is 5.84. The van der Waals surface area contributed by atoms with E-state index in [9.17, 15) is 0 Å². The van der Waals surface area contributed by atoms with Crippen molar-refractivity contribution in [2.45, 2.75) is 46.0 Å². The van der Waals surface area contributed by atoms with Crippen LogP contribution in [0.1, 0.15) is 45.4 Å². The molecule has 20 heavy (non-hydrogen) atoms. The lowest BCUT2D eigenvalue weighted by Crippen LogP contribution is -2.09. The van der Waals surface area contributed by atoms with Crippen molar-refractivity contribution >= 4 is 23.4 Å². The largest absolute Gasteiger partial charge is 0.370 e. The van der Waals surface area contributed by atoms with E-state index in [1.807, 2.05) is 17.8 Å². The van der Waals surface area contributed by atoms with Crippen molar-refractivity contribution in [2.75, 3.05) is 35.7 Å². The molecular formula is C15H28N4S. The van der Waals surface area contributed by atoms with Gasteiger partial charge in [0.1, 0.15) is 17.5 Å². The normalized spacial score (nSPS) is 10.6. The van der Waals surface area contributed by atoms with E-state index in [2.05, 4.69) is 40.7 Å². The summed E-state index contributed by atoms with van der Waals surface area (Å²) in [5.41, 5.74) is 0. The predicted molar refractivity (Wildman–Crippen MR) is 90.9 cm³/mol. The molecule has 0 unspecified atom stereocenters. The van der Waals surface area contributed by atoms with Crippen molar-refractivity contribution < 1.29 is 0 Å². The van der Waals surface area contributed by atoms with Gasteiger partial charge in [0.05, 0.1) is 0 Å². The van der Waals surface area contributed by atoms with Crippen LogP contribution in [0.15, 0.2) is 6.07 Å². The van der Waals surface area contributed by atoms with Gasteiger partial charge in [-0.15, -0.1) is 0 Å². The van der Waals surface area contributed by atoms with Crippen LogP contribution in [0, 0.1) is 0 Å². The van der Waals surface area contributed by atoms with Gasteiger partial charge in [-0.25, -0.2) is 9.97 Å². The molecule has 0 spiro atoms. The first-order chi connectivity index (χ1) is 9.80. The molecule has 114 valence electrons. The highest BCUT2D eigenvalue weighted by Crippen LogP contribution is 2.13. The average Bonchev–Trinajstić information content (AvgIpc) is 2.45. The summed E-state index contributed by atoms with van der Waals surface area (Å²) in [6, 6.07) is 2.02. The zero-order valence-electron chi connectivity index (χ0n) is 13.0. The molecule has 0 amide bonds. The molecule has 0 atom stereocenters. The maximum Gasteiger partial charge on any atom is 0.133 e. The van der Waals surface area contributed by atoms with Crippen molar-refractivity contribution in [3.8, 4) is 0 Å². The molecule has 0 fully saturated rings. The molecule has 4 nitrogen and oxygen atoms in total. The van der Waals surface area contributed by atoms with E-state index in [0.717, 1.165) is 49.8 Å². The Bertz CT molecular complexity index is 371. The highest BCUT2D eigenvalue weighted by molar-refractivity contribution is 7.98. The number of aryl methyl sites for hydroxylation is 1. The van der Waals surface area contributed by atoms with Crippen LogP contribution in [0.25, 0.3) is 0 Å². The second-order valence-electron chi connectivity index (χ2n) is 4.86. The molecule has 5 heteroatoms. The van der Waals surface area contributed by atoms with E-state index < -0.39 is 0 Å². The molecule has 0 aliphatic heterocycles. The quantitative estimate of drug-likeness (QED) is 0.608. The molecule has 0 aliphatic carbocycles. The Kier molecular flexibility index (Phi) is 9.20. The standard InChI is InChI=1S/C15H28N4S/c1-4-8-13-18-14(16-9-5-2)12-15(19-13)17-10-6-7-11-20-3/h12H,4-11H2,1-3H3,(H2,16,17,18,19). The molecule has 0 aromatic carbocycles. The molecule has 1 aromatic heterocycles. The molecule has 0 aliphatic rings. The Balaban J connectivity index is 2.55. The van der Waals surface area contributed by atoms with Gasteiger partial charge in [-0.3, -0.25) is 0 Å². The summed E-state index contributed by atoms with van der Waals surface area (Å²) in [5.74, 6) is 4.05. The predicted octanol–water partition coefficient (Wildman–Crippen LogP) is 3.81. The summed E-state index contributed by atoms with van der Waals surface area (Å²) in [5, 5.41) is 6.77. The zero-order valence-corrected chi connectivity index (χ0v) is 13.9. The minimum Gasteiger partial charge on any atom is -0.370 e. The molecule has 1 rings (SSSR count). The third kappa shape index (κ3) is 6.98. The molecule has 0 saturated heterocycles. The molecule has 1 aromatic rings. The fraction of sp³-hybridized carbons (Fsp3) is 0.733. The summed E-state index contributed by atoms with van der Waals surface area (Å²) in [6.07, 6.45) is 7.70. The van der Waals surface area contributed by atoms with Gasteiger partial charge < -0.3 is 10.6 Å². The van der Waals surface area contributed by atoms with Gasteiger partial charge in [0.2, 0.25) is 0 Å². The lowest BCUT2D eigenvalue weighted by Gasteiger charge is -2.10. The lowest BCUT2D eigenvalue weighted by molar-refractivity contribution is 0.816. The van der Waals surface area contributed by atoms with Gasteiger partial charge in [0.25, 0.3) is 0 Å². The van der Waals surface area contributed by atoms with Crippen molar-refractivity contribution in [1.29, 1.82) is 0 Å². The third-order valence-electron chi connectivity index (χ3n) is 2.88. The molecule has 0 saturated carbocycles. The van der Waals surface area contributed by atoms with Gasteiger partial charge in [-0.2, -0.15) is 11.8 Å². The SMILES string of the molecule is CCCNc1cc(NCCCCSC)nc(CCC)n1. The number of hydrogen-bond acceptors (Lipinski definition) is 5. The monoisotopic (exact) mass is 296 g/mol. The average molecular weight is 296 g/mol. The third-order valence-corrected chi connectivity index (χ3v) is 3.58. The molecule has 1 heterocycles. The van der Waals surface area contributed by atoms with Crippen LogP contribution in [0.5, 0.6) is 0 Å². The summed E-state index contributed by atoms with van der Waals surface area (Å²) < 4.78 is 0. The number of thioether (sulfide) groups is 1. The van der Waals surface area contributed by atoms with Gasteiger partial charge in [-0.1, -0.05) is 13.8 Å². The van der Waals surface area contributed by atoms with Crippen molar-refractivity contribution in [1.82, 2.24) is 9.97 Å². The van der Waals surface area contributed by atoms with Crippen LogP contribution in [-0.4, -0.2) is 35.1 Å². The van der Waals surface area contributed by atoms with Crippen molar-refractivity contribution in [3.63, 3.8) is 0 Å². The Morgan fingerprint density at radius 2 is 1.70 bits per heavy atom. The highest BCUT2D eigenvalue weighted by atomic mass is 32.2. The maximum atomic E-state index is 4.58. The Labute approximate surface area is 127 Å². The number of aromatic nitrogens is 2. The van der Waals surface area contributed by atoms with Crippen LogP contribution in [0.3, 0.4) is 0 Å². The van der Waals surface area contributed by atoms with Crippen LogP contribution in [0.4, 0.5) is 11.6 Å². The lowest BCUT2D eigenvalue weighted by atomic mass is 10.3. The fourth-order valence-electron chi connectivity index (χ4n) is 1.85. The van der Waals surface area contributed by atoms with Crippen molar-refractivity contribution in [2.24, 2.45) is 0 Å². The van der Waals surface area contributed by atoms with E-state index in [0.29, 0.717) is 0 Å². The molecule has 0 radical (unpaired) electrons. The molecular weight excluding hydrogens is 268 g/mol. The maximum absolute atomic E-state index is 4.58. The van der Waals surface area contributed by atoms with Gasteiger partial charge in [-0.05, 0) is 37.7 Å². The van der Waals surface area contributed by atoms with Gasteiger partial charge >= 0.3 is 0 Å². The van der Waals surface area contributed by atoms with Crippen LogP contribution in [-0.2, 0) is 6.42 Å². The number of unbranched alkanes of at least 4 members (excludes halogenated alkanes) is 1. The van der Waals surface area contributed by atoms with Gasteiger partial charge in [0, 0.05) is 25.6 Å². The summed E-state index contributed by atoms with van der Waals surface area (Å²) in [7, 11) is 0. The first kappa shape index (κ1) is 17.1. The van der Waals surface area contributed by atoms with Crippen LogP contribution in [0.2, 0.25) is 0 Å². The number of nitrogens with zero attached hydrogens (tertiary/aromatic N) is 2. The Hall–Kier alpha value is -0.970. The number of hydrogen-bond donors (Lipinski definition) is 2. The van der Waals surface area contributed by atoms with Crippen LogP contribution < -0.4 is 10.6 Å². The smallest absolute Gasteiger partial charge is 0.133 e. The van der Waals surface area contributed by atoms with E-state index in [-0.39, 0.29) is 0 Å². The highest BCUT2D eigenvalue weighted by Gasteiger charge is 2.03. The van der Waals surface area contributed by atoms with Crippen molar-refractivity contribution in [3.05, 3.63) is 11.9 Å². The zero-order chi connectivity index (χ0) is 14.6. The van der Waals surface area contributed by atoms with Gasteiger partial charge in [0.15, 0.2) is 0 Å². The second kappa shape index (κ2) is 10.8. The summed E-state index contributed by atoms with van der Waals surface area (Å²) >= 11 is 1.91. The minimum atomic E-state index is 0.931. The van der Waals surface area contributed by atoms with E-state index in [1.165, 1.54) is 18.6 Å². The van der Waals surface area contributed by atoms with E-state index in [4.69, 9.17) is 0 Å². The Morgan fingerprint density at radius 3 is 2.30 bits per heavy atom. The van der Waals surface area contributed by atoms with E-state index >= 15 is 0 Å². The number of anilines is 2. The molecule has 2 N–H and O–H groups in total. The first-order valence-corrected chi connectivity index (χ1v) is 9.04. The number of nitrogens with one attached hydrogen (secondary N) is 2. The van der Waals surface area contributed by atoms with E-state index in [1.54, 1.807) is 0 Å². The summed E-state index contributed by atoms with van der Waals surface area (Å²) in [6.45, 7) is 6.25.